The molecular weight excluding hydrogens is 228 g/mol. The minimum Gasteiger partial charge on any atom is -0.396 e. The van der Waals surface area contributed by atoms with Crippen LogP contribution in [0.3, 0.4) is 0 Å². The molecule has 2 heteroatoms. The molecule has 94 valence electrons. The van der Waals surface area contributed by atoms with Crippen LogP contribution < -0.4 is 0 Å². The quantitative estimate of drug-likeness (QED) is 0.772. The van der Waals surface area contributed by atoms with Crippen LogP contribution in [0.4, 0.5) is 0 Å². The Hall–Kier alpha value is -0.470. The summed E-state index contributed by atoms with van der Waals surface area (Å²) < 4.78 is -0.210. The Bertz CT molecular complexity index is 399. The lowest BCUT2D eigenvalue weighted by Gasteiger charge is -2.46. The van der Waals surface area contributed by atoms with Gasteiger partial charge in [0.1, 0.15) is 0 Å². The Morgan fingerprint density at radius 1 is 1.00 bits per heavy atom. The van der Waals surface area contributed by atoms with Gasteiger partial charge in [-0.1, -0.05) is 52.0 Å². The minimum absolute atomic E-state index is 0.0288. The Labute approximate surface area is 110 Å². The Morgan fingerprint density at radius 3 is 1.76 bits per heavy atom. The van der Waals surface area contributed by atoms with Crippen LogP contribution in [-0.2, 0) is 10.8 Å². The predicted octanol–water partition coefficient (Wildman–Crippen LogP) is 3.31. The van der Waals surface area contributed by atoms with Crippen LogP contribution in [-0.4, -0.2) is 16.5 Å². The van der Waals surface area contributed by atoms with Crippen molar-refractivity contribution in [2.75, 3.05) is 6.61 Å². The van der Waals surface area contributed by atoms with Crippen molar-refractivity contribution in [3.63, 3.8) is 0 Å². The van der Waals surface area contributed by atoms with Crippen LogP contribution in [0.5, 0.6) is 0 Å². The molecule has 1 aromatic rings. The van der Waals surface area contributed by atoms with E-state index in [0.29, 0.717) is 6.42 Å². The van der Waals surface area contributed by atoms with Gasteiger partial charge in [-0.3, -0.25) is 0 Å². The van der Waals surface area contributed by atoms with E-state index in [1.165, 1.54) is 11.1 Å². The van der Waals surface area contributed by atoms with E-state index in [-0.39, 0.29) is 22.2 Å². The first-order valence-corrected chi connectivity index (χ1v) is 6.67. The van der Waals surface area contributed by atoms with Crippen LogP contribution in [0.25, 0.3) is 0 Å². The van der Waals surface area contributed by atoms with E-state index >= 15 is 0 Å². The fourth-order valence-electron chi connectivity index (χ4n) is 3.59. The third-order valence-corrected chi connectivity index (χ3v) is 6.16. The molecule has 0 saturated carbocycles. The number of hydrogen-bond donors (Lipinski definition) is 2. The van der Waals surface area contributed by atoms with E-state index in [0.717, 1.165) is 0 Å². The fraction of sp³-hybridized carbons (Fsp3) is 0.600. The van der Waals surface area contributed by atoms with E-state index in [4.69, 9.17) is 12.6 Å². The molecule has 0 radical (unpaired) electrons. The van der Waals surface area contributed by atoms with Crippen LogP contribution >= 0.6 is 12.6 Å². The van der Waals surface area contributed by atoms with E-state index in [9.17, 15) is 5.11 Å². The predicted molar refractivity (Wildman–Crippen MR) is 75.9 cm³/mol. The Kier molecular flexibility index (Phi) is 2.87. The minimum atomic E-state index is -0.210. The molecule has 0 spiro atoms. The molecule has 17 heavy (non-hydrogen) atoms. The number of benzene rings is 1. The molecule has 1 aromatic carbocycles. The average Bonchev–Trinajstić information content (AvgIpc) is 2.38. The fourth-order valence-corrected chi connectivity index (χ4v) is 3.93. The first-order chi connectivity index (χ1) is 7.79. The maximum Gasteiger partial charge on any atom is 0.0444 e. The first kappa shape index (κ1) is 13.0. The van der Waals surface area contributed by atoms with Crippen LogP contribution in [0.15, 0.2) is 24.3 Å². The number of rotatable bonds is 2. The van der Waals surface area contributed by atoms with Crippen molar-refractivity contribution in [2.45, 2.75) is 49.7 Å². The third kappa shape index (κ3) is 1.43. The number of thiol groups is 1. The van der Waals surface area contributed by atoms with Gasteiger partial charge < -0.3 is 5.11 Å². The zero-order valence-corrected chi connectivity index (χ0v) is 12.0. The number of aliphatic hydroxyl groups excluding tert-OH is 1. The monoisotopic (exact) mass is 250 g/mol. The lowest BCUT2D eigenvalue weighted by molar-refractivity contribution is 0.201. The van der Waals surface area contributed by atoms with Crippen molar-refractivity contribution in [2.24, 2.45) is 0 Å². The van der Waals surface area contributed by atoms with Crippen LogP contribution in [0.1, 0.15) is 45.2 Å². The van der Waals surface area contributed by atoms with Crippen LogP contribution in [0, 0.1) is 0 Å². The van der Waals surface area contributed by atoms with Gasteiger partial charge >= 0.3 is 0 Å². The summed E-state index contributed by atoms with van der Waals surface area (Å²) in [6.45, 7) is 9.14. The van der Waals surface area contributed by atoms with Gasteiger partial charge in [-0.2, -0.15) is 12.6 Å². The van der Waals surface area contributed by atoms with Gasteiger partial charge in [0.15, 0.2) is 0 Å². The topological polar surface area (TPSA) is 20.2 Å². The zero-order valence-electron chi connectivity index (χ0n) is 11.1. The molecule has 0 aromatic heterocycles. The average molecular weight is 250 g/mol. The maximum atomic E-state index is 9.39. The summed E-state index contributed by atoms with van der Waals surface area (Å²) in [4.78, 5) is 0. The van der Waals surface area contributed by atoms with Gasteiger partial charge in [0.25, 0.3) is 0 Å². The van der Waals surface area contributed by atoms with Gasteiger partial charge in [0, 0.05) is 22.2 Å². The van der Waals surface area contributed by atoms with Gasteiger partial charge in [-0.05, 0) is 17.5 Å². The van der Waals surface area contributed by atoms with E-state index in [1.54, 1.807) is 0 Å². The summed E-state index contributed by atoms with van der Waals surface area (Å²) in [5.41, 5.74) is 2.68. The van der Waals surface area contributed by atoms with Crippen molar-refractivity contribution in [3.05, 3.63) is 35.4 Å². The molecule has 0 amide bonds. The molecule has 1 nitrogen and oxygen atoms in total. The second kappa shape index (κ2) is 3.76. The number of hydrogen-bond acceptors (Lipinski definition) is 2. The second-order valence-corrected chi connectivity index (χ2v) is 6.89. The highest BCUT2D eigenvalue weighted by Gasteiger charge is 2.59. The first-order valence-electron chi connectivity index (χ1n) is 6.22. The lowest BCUT2D eigenvalue weighted by Crippen LogP contribution is -2.50. The molecule has 0 saturated heterocycles. The molecule has 0 heterocycles. The van der Waals surface area contributed by atoms with Crippen molar-refractivity contribution in [1.29, 1.82) is 0 Å². The normalized spacial score (nSPS) is 23.4. The van der Waals surface area contributed by atoms with Crippen molar-refractivity contribution >= 4 is 12.6 Å². The second-order valence-electron chi connectivity index (χ2n) is 6.13. The molecule has 1 aliphatic carbocycles. The molecule has 1 N–H and O–H groups in total. The summed E-state index contributed by atoms with van der Waals surface area (Å²) >= 11 is 5.01. The zero-order chi connectivity index (χ0) is 12.9. The molecule has 1 aliphatic rings. The standard InChI is InChI=1S/C15H22OS/c1-13(2)11-7-5-6-8-12(11)14(3,4)15(13,17)9-10-16/h5-8,16-17H,9-10H2,1-4H3. The summed E-state index contributed by atoms with van der Waals surface area (Å²) in [5.74, 6) is 0. The summed E-state index contributed by atoms with van der Waals surface area (Å²) in [5, 5.41) is 9.39. The number of aliphatic hydroxyl groups is 1. The van der Waals surface area contributed by atoms with Gasteiger partial charge in [0.05, 0.1) is 0 Å². The van der Waals surface area contributed by atoms with Crippen molar-refractivity contribution in [3.8, 4) is 0 Å². The smallest absolute Gasteiger partial charge is 0.0444 e. The highest BCUT2D eigenvalue weighted by Crippen LogP contribution is 2.60. The number of fused-ring (bicyclic) bond motifs is 1. The Morgan fingerprint density at radius 2 is 1.41 bits per heavy atom. The summed E-state index contributed by atoms with van der Waals surface area (Å²) in [6.07, 6.45) is 0.713. The summed E-state index contributed by atoms with van der Waals surface area (Å²) in [7, 11) is 0. The maximum absolute atomic E-state index is 9.39. The highest BCUT2D eigenvalue weighted by molar-refractivity contribution is 7.82. The molecule has 0 fully saturated rings. The van der Waals surface area contributed by atoms with E-state index < -0.39 is 0 Å². The lowest BCUT2D eigenvalue weighted by atomic mass is 9.67. The van der Waals surface area contributed by atoms with Gasteiger partial charge in [-0.25, -0.2) is 0 Å². The van der Waals surface area contributed by atoms with Gasteiger partial charge in [-0.15, -0.1) is 0 Å². The highest BCUT2D eigenvalue weighted by atomic mass is 32.1. The largest absolute Gasteiger partial charge is 0.396 e. The molecule has 0 bridgehead atoms. The van der Waals surface area contributed by atoms with Crippen molar-refractivity contribution in [1.82, 2.24) is 0 Å². The molecule has 2 rings (SSSR count). The van der Waals surface area contributed by atoms with Crippen LogP contribution in [0.2, 0.25) is 0 Å². The molecule has 0 atom stereocenters. The molecule has 0 unspecified atom stereocenters. The van der Waals surface area contributed by atoms with E-state index in [1.807, 2.05) is 0 Å². The summed E-state index contributed by atoms with van der Waals surface area (Å²) in [6, 6.07) is 8.59. The van der Waals surface area contributed by atoms with E-state index in [2.05, 4.69) is 52.0 Å². The van der Waals surface area contributed by atoms with Crippen molar-refractivity contribution < 1.29 is 5.11 Å². The molecular formula is C15H22OS. The SMILES string of the molecule is CC1(C)c2ccccc2C(C)(C)C1(S)CCO. The Balaban J connectivity index is 2.68. The van der Waals surface area contributed by atoms with Gasteiger partial charge in [0.2, 0.25) is 0 Å². The molecule has 0 aliphatic heterocycles. The third-order valence-electron chi connectivity index (χ3n) is 4.82.